The predicted octanol–water partition coefficient (Wildman–Crippen LogP) is 2.24. The highest BCUT2D eigenvalue weighted by Gasteiger charge is 2.20. The second kappa shape index (κ2) is 6.37. The van der Waals surface area contributed by atoms with Crippen LogP contribution in [0, 0.1) is 0 Å². The minimum Gasteiger partial charge on any atom is -0.377 e. The third kappa shape index (κ3) is 4.03. The van der Waals surface area contributed by atoms with Crippen molar-refractivity contribution >= 4 is 33.2 Å². The lowest BCUT2D eigenvalue weighted by atomic mass is 10.1. The Morgan fingerprint density at radius 2 is 2.21 bits per heavy atom. The smallest absolute Gasteiger partial charge is 0.242 e. The van der Waals surface area contributed by atoms with Crippen LogP contribution in [0.15, 0.2) is 17.2 Å². The fourth-order valence-electron chi connectivity index (χ4n) is 1.81. The molecule has 1 aromatic rings. The number of halogens is 2. The summed E-state index contributed by atoms with van der Waals surface area (Å²) in [5.41, 5.74) is 0. The minimum absolute atomic E-state index is 0.00212. The quantitative estimate of drug-likeness (QED) is 0.862. The molecule has 0 amide bonds. The van der Waals surface area contributed by atoms with E-state index in [2.05, 4.69) is 9.71 Å². The van der Waals surface area contributed by atoms with Crippen LogP contribution in [0.5, 0.6) is 0 Å². The number of pyridine rings is 1. The Morgan fingerprint density at radius 3 is 2.84 bits per heavy atom. The SMILES string of the molecule is O=S(=O)(NCC1CCCCO1)c1cnc(Cl)c(Cl)c1. The van der Waals surface area contributed by atoms with Gasteiger partial charge in [0.25, 0.3) is 0 Å². The van der Waals surface area contributed by atoms with E-state index in [1.54, 1.807) is 0 Å². The van der Waals surface area contributed by atoms with E-state index in [9.17, 15) is 8.42 Å². The van der Waals surface area contributed by atoms with Gasteiger partial charge in [0.1, 0.15) is 10.0 Å². The Balaban J connectivity index is 2.02. The lowest BCUT2D eigenvalue weighted by Gasteiger charge is -2.22. The van der Waals surface area contributed by atoms with Crippen LogP contribution in [0.1, 0.15) is 19.3 Å². The van der Waals surface area contributed by atoms with E-state index in [0.29, 0.717) is 6.61 Å². The second-order valence-electron chi connectivity index (χ2n) is 4.28. The highest BCUT2D eigenvalue weighted by Crippen LogP contribution is 2.22. The van der Waals surface area contributed by atoms with Gasteiger partial charge in [0.05, 0.1) is 11.1 Å². The van der Waals surface area contributed by atoms with Gasteiger partial charge in [0.2, 0.25) is 10.0 Å². The molecule has 2 rings (SSSR count). The molecule has 0 saturated carbocycles. The van der Waals surface area contributed by atoms with Crippen LogP contribution in [0.4, 0.5) is 0 Å². The molecule has 1 atom stereocenters. The van der Waals surface area contributed by atoms with Gasteiger partial charge in [-0.2, -0.15) is 0 Å². The van der Waals surface area contributed by atoms with Gasteiger partial charge in [-0.25, -0.2) is 18.1 Å². The molecule has 1 N–H and O–H groups in total. The van der Waals surface area contributed by atoms with E-state index in [-0.39, 0.29) is 27.7 Å². The van der Waals surface area contributed by atoms with Gasteiger partial charge in [0.15, 0.2) is 0 Å². The lowest BCUT2D eigenvalue weighted by Crippen LogP contribution is -2.35. The molecule has 8 heteroatoms. The highest BCUT2D eigenvalue weighted by atomic mass is 35.5. The van der Waals surface area contributed by atoms with Crippen molar-refractivity contribution in [1.29, 1.82) is 0 Å². The predicted molar refractivity (Wildman–Crippen MR) is 73.0 cm³/mol. The van der Waals surface area contributed by atoms with E-state index < -0.39 is 10.0 Å². The molecule has 5 nitrogen and oxygen atoms in total. The summed E-state index contributed by atoms with van der Waals surface area (Å²) in [5, 5.41) is 0.190. The number of aromatic nitrogens is 1. The van der Waals surface area contributed by atoms with E-state index in [1.165, 1.54) is 12.3 Å². The Morgan fingerprint density at radius 1 is 1.42 bits per heavy atom. The van der Waals surface area contributed by atoms with E-state index >= 15 is 0 Å². The topological polar surface area (TPSA) is 68.3 Å². The summed E-state index contributed by atoms with van der Waals surface area (Å²) in [7, 11) is -3.63. The molecule has 1 aliphatic heterocycles. The van der Waals surface area contributed by atoms with Crippen LogP contribution in [-0.2, 0) is 14.8 Å². The normalized spacial score (nSPS) is 20.4. The van der Waals surface area contributed by atoms with Crippen molar-refractivity contribution in [2.24, 2.45) is 0 Å². The van der Waals surface area contributed by atoms with Crippen LogP contribution >= 0.6 is 23.2 Å². The van der Waals surface area contributed by atoms with Crippen molar-refractivity contribution in [1.82, 2.24) is 9.71 Å². The highest BCUT2D eigenvalue weighted by molar-refractivity contribution is 7.89. The summed E-state index contributed by atoms with van der Waals surface area (Å²) in [6, 6.07) is 1.28. The molecule has 0 bridgehead atoms. The van der Waals surface area contributed by atoms with Crippen LogP contribution in [0.2, 0.25) is 10.2 Å². The number of sulfonamides is 1. The van der Waals surface area contributed by atoms with Gasteiger partial charge in [-0.1, -0.05) is 23.2 Å². The molecular formula is C11H14Cl2N2O3S. The zero-order valence-corrected chi connectivity index (χ0v) is 12.4. The first-order chi connectivity index (χ1) is 8.99. The van der Waals surface area contributed by atoms with Crippen molar-refractivity contribution in [2.45, 2.75) is 30.3 Å². The molecule has 0 spiro atoms. The molecule has 1 unspecified atom stereocenters. The van der Waals surface area contributed by atoms with Crippen LogP contribution in [0.25, 0.3) is 0 Å². The van der Waals surface area contributed by atoms with Gasteiger partial charge in [-0.3, -0.25) is 0 Å². The average molecular weight is 325 g/mol. The molecule has 1 saturated heterocycles. The van der Waals surface area contributed by atoms with E-state index in [4.69, 9.17) is 27.9 Å². The van der Waals surface area contributed by atoms with Crippen molar-refractivity contribution in [3.8, 4) is 0 Å². The average Bonchev–Trinajstić information content (AvgIpc) is 2.41. The monoisotopic (exact) mass is 324 g/mol. The van der Waals surface area contributed by atoms with Gasteiger partial charge in [0, 0.05) is 19.3 Å². The summed E-state index contributed by atoms with van der Waals surface area (Å²) in [6.07, 6.45) is 4.06. The van der Waals surface area contributed by atoms with Crippen LogP contribution < -0.4 is 4.72 Å². The van der Waals surface area contributed by atoms with Crippen molar-refractivity contribution in [3.05, 3.63) is 22.4 Å². The molecule has 1 aliphatic rings. The summed E-state index contributed by atoms with van der Waals surface area (Å²) in [6.45, 7) is 0.934. The Kier molecular flexibility index (Phi) is 5.03. The van der Waals surface area contributed by atoms with Gasteiger partial charge < -0.3 is 4.74 Å². The Bertz CT molecular complexity index is 545. The van der Waals surface area contributed by atoms with Crippen molar-refractivity contribution in [3.63, 3.8) is 0 Å². The van der Waals surface area contributed by atoms with Crippen molar-refractivity contribution in [2.75, 3.05) is 13.2 Å². The van der Waals surface area contributed by atoms with E-state index in [0.717, 1.165) is 19.3 Å². The lowest BCUT2D eigenvalue weighted by molar-refractivity contribution is 0.0200. The summed E-state index contributed by atoms with van der Waals surface area (Å²) >= 11 is 11.4. The number of ether oxygens (including phenoxy) is 1. The zero-order valence-electron chi connectivity index (χ0n) is 10.1. The third-order valence-electron chi connectivity index (χ3n) is 2.86. The Labute approximate surface area is 122 Å². The zero-order chi connectivity index (χ0) is 13.9. The van der Waals surface area contributed by atoms with Gasteiger partial charge >= 0.3 is 0 Å². The Hall–Kier alpha value is -0.400. The maximum absolute atomic E-state index is 12.0. The first-order valence-corrected chi connectivity index (χ1v) is 8.15. The number of nitrogens with one attached hydrogen (secondary N) is 1. The minimum atomic E-state index is -3.63. The number of hydrogen-bond acceptors (Lipinski definition) is 4. The fourth-order valence-corrected chi connectivity index (χ4v) is 3.18. The summed E-state index contributed by atoms with van der Waals surface area (Å²) in [4.78, 5) is 3.72. The van der Waals surface area contributed by atoms with Gasteiger partial charge in [-0.05, 0) is 25.3 Å². The largest absolute Gasteiger partial charge is 0.377 e. The van der Waals surface area contributed by atoms with Crippen LogP contribution in [-0.4, -0.2) is 32.7 Å². The maximum atomic E-state index is 12.0. The van der Waals surface area contributed by atoms with Crippen molar-refractivity contribution < 1.29 is 13.2 Å². The first kappa shape index (κ1) is 15.0. The molecule has 106 valence electrons. The first-order valence-electron chi connectivity index (χ1n) is 5.91. The standard InChI is InChI=1S/C11H14Cl2N2O3S/c12-10-5-9(7-14-11(10)13)19(16,17)15-6-8-3-1-2-4-18-8/h5,7-8,15H,1-4,6H2. The molecular weight excluding hydrogens is 311 g/mol. The second-order valence-corrected chi connectivity index (χ2v) is 6.82. The third-order valence-corrected chi connectivity index (χ3v) is 4.93. The molecule has 19 heavy (non-hydrogen) atoms. The number of nitrogens with zero attached hydrogens (tertiary/aromatic N) is 1. The summed E-state index contributed by atoms with van der Waals surface area (Å²) in [5.74, 6) is 0. The van der Waals surface area contributed by atoms with Crippen LogP contribution in [0.3, 0.4) is 0 Å². The summed E-state index contributed by atoms with van der Waals surface area (Å²) < 4.78 is 32.0. The molecule has 2 heterocycles. The number of hydrogen-bond donors (Lipinski definition) is 1. The maximum Gasteiger partial charge on any atom is 0.242 e. The fraction of sp³-hybridized carbons (Fsp3) is 0.545. The molecule has 0 radical (unpaired) electrons. The molecule has 1 aromatic heterocycles. The molecule has 0 aromatic carbocycles. The molecule has 1 fully saturated rings. The van der Waals surface area contributed by atoms with Gasteiger partial charge in [-0.15, -0.1) is 0 Å². The number of rotatable bonds is 4. The molecule has 0 aliphatic carbocycles. The van der Waals surface area contributed by atoms with E-state index in [1.807, 2.05) is 0 Å².